The first-order valence-corrected chi connectivity index (χ1v) is 8.49. The molecule has 23 heavy (non-hydrogen) atoms. The first-order valence-electron chi connectivity index (χ1n) is 6.90. The molecule has 0 unspecified atom stereocenters. The Balaban J connectivity index is 1.72. The summed E-state index contributed by atoms with van der Waals surface area (Å²) in [5, 5.41) is 5.01. The van der Waals surface area contributed by atoms with E-state index in [9.17, 15) is 13.8 Å². The Bertz CT molecular complexity index is 792. The molecule has 5 nitrogen and oxygen atoms in total. The summed E-state index contributed by atoms with van der Waals surface area (Å²) in [6.45, 7) is 0. The molecule has 0 aliphatic carbocycles. The van der Waals surface area contributed by atoms with E-state index in [0.717, 1.165) is 0 Å². The van der Waals surface area contributed by atoms with Crippen molar-refractivity contribution >= 4 is 45.6 Å². The van der Waals surface area contributed by atoms with Crippen LogP contribution in [-0.2, 0) is 20.4 Å². The molecule has 1 heterocycles. The van der Waals surface area contributed by atoms with Crippen molar-refractivity contribution in [3.63, 3.8) is 0 Å². The minimum Gasteiger partial charge on any atom is -0.326 e. The standard InChI is InChI=1S/C16H13ClN2O3S/c17-10-5-7-11(8-6-10)18-15(20)9-14-16(21)19-12-3-1-2-4-13(12)23(14)22/h1-8,14H,9H2,(H,18,20)(H,19,21)/t14-,23+/m0/s1. The van der Waals surface area contributed by atoms with Crippen molar-refractivity contribution in [2.75, 3.05) is 10.6 Å². The van der Waals surface area contributed by atoms with Crippen LogP contribution in [0.5, 0.6) is 0 Å². The maximum Gasteiger partial charge on any atom is 0.241 e. The molecule has 2 aromatic rings. The Kier molecular flexibility index (Phi) is 4.45. The number of anilines is 2. The van der Waals surface area contributed by atoms with Crippen LogP contribution in [0.4, 0.5) is 11.4 Å². The molecule has 3 rings (SSSR count). The van der Waals surface area contributed by atoms with Crippen LogP contribution < -0.4 is 10.6 Å². The lowest BCUT2D eigenvalue weighted by atomic mass is 10.2. The lowest BCUT2D eigenvalue weighted by Gasteiger charge is -2.23. The number of rotatable bonds is 3. The van der Waals surface area contributed by atoms with E-state index in [0.29, 0.717) is 21.3 Å². The van der Waals surface area contributed by atoms with Crippen molar-refractivity contribution in [2.24, 2.45) is 0 Å². The molecule has 0 saturated carbocycles. The van der Waals surface area contributed by atoms with Crippen molar-refractivity contribution in [1.82, 2.24) is 0 Å². The third kappa shape index (κ3) is 3.43. The maximum atomic E-state index is 12.5. The molecular weight excluding hydrogens is 336 g/mol. The van der Waals surface area contributed by atoms with E-state index in [4.69, 9.17) is 11.6 Å². The van der Waals surface area contributed by atoms with E-state index in [-0.39, 0.29) is 12.3 Å². The van der Waals surface area contributed by atoms with E-state index < -0.39 is 22.0 Å². The minimum absolute atomic E-state index is 0.157. The van der Waals surface area contributed by atoms with Gasteiger partial charge < -0.3 is 10.6 Å². The number of benzene rings is 2. The zero-order valence-corrected chi connectivity index (χ0v) is 13.5. The predicted molar refractivity (Wildman–Crippen MR) is 90.0 cm³/mol. The SMILES string of the molecule is O=C(C[C@H]1C(=O)Nc2ccccc2[S@]1=O)Nc1ccc(Cl)cc1. The number of nitrogens with one attached hydrogen (secondary N) is 2. The quantitative estimate of drug-likeness (QED) is 0.895. The number of fused-ring (bicyclic) bond motifs is 1. The second kappa shape index (κ2) is 6.52. The van der Waals surface area contributed by atoms with Crippen LogP contribution in [0.1, 0.15) is 6.42 Å². The average molecular weight is 349 g/mol. The molecule has 118 valence electrons. The zero-order valence-electron chi connectivity index (χ0n) is 11.9. The summed E-state index contributed by atoms with van der Waals surface area (Å²) in [4.78, 5) is 24.7. The lowest BCUT2D eigenvalue weighted by Crippen LogP contribution is -2.39. The summed E-state index contributed by atoms with van der Waals surface area (Å²) >= 11 is 5.78. The first-order chi connectivity index (χ1) is 11.0. The van der Waals surface area contributed by atoms with Crippen LogP contribution in [0.25, 0.3) is 0 Å². The van der Waals surface area contributed by atoms with Crippen LogP contribution in [0, 0.1) is 0 Å². The Labute approximate surface area is 140 Å². The molecule has 0 fully saturated rings. The smallest absolute Gasteiger partial charge is 0.241 e. The number of hydrogen-bond acceptors (Lipinski definition) is 3. The van der Waals surface area contributed by atoms with Gasteiger partial charge in [0.2, 0.25) is 11.8 Å². The van der Waals surface area contributed by atoms with E-state index >= 15 is 0 Å². The normalized spacial score (nSPS) is 19.6. The van der Waals surface area contributed by atoms with Gasteiger partial charge in [-0.15, -0.1) is 0 Å². The van der Waals surface area contributed by atoms with Gasteiger partial charge in [0.25, 0.3) is 0 Å². The van der Waals surface area contributed by atoms with Crippen LogP contribution in [0.2, 0.25) is 5.02 Å². The molecule has 0 radical (unpaired) electrons. The summed E-state index contributed by atoms with van der Waals surface area (Å²) in [6.07, 6.45) is -0.157. The molecule has 7 heteroatoms. The molecule has 2 N–H and O–H groups in total. The molecule has 2 atom stereocenters. The summed E-state index contributed by atoms with van der Waals surface area (Å²) < 4.78 is 12.5. The lowest BCUT2D eigenvalue weighted by molar-refractivity contribution is -0.120. The number of para-hydroxylation sites is 1. The minimum atomic E-state index is -1.56. The molecule has 0 bridgehead atoms. The van der Waals surface area contributed by atoms with E-state index in [1.165, 1.54) is 0 Å². The van der Waals surface area contributed by atoms with Crippen molar-refractivity contribution < 1.29 is 13.8 Å². The third-order valence-electron chi connectivity index (χ3n) is 3.41. The largest absolute Gasteiger partial charge is 0.326 e. The first kappa shape index (κ1) is 15.7. The van der Waals surface area contributed by atoms with Crippen LogP contribution in [0.15, 0.2) is 53.4 Å². The summed E-state index contributed by atoms with van der Waals surface area (Å²) in [5.74, 6) is -0.784. The Morgan fingerprint density at radius 2 is 1.87 bits per heavy atom. The van der Waals surface area contributed by atoms with Gasteiger partial charge in [-0.05, 0) is 36.4 Å². The van der Waals surface area contributed by atoms with Gasteiger partial charge >= 0.3 is 0 Å². The third-order valence-corrected chi connectivity index (χ3v) is 5.35. The second-order valence-corrected chi connectivity index (χ2v) is 7.07. The van der Waals surface area contributed by atoms with E-state index in [1.807, 2.05) is 0 Å². The fourth-order valence-electron chi connectivity index (χ4n) is 2.29. The molecule has 2 aromatic carbocycles. The van der Waals surface area contributed by atoms with Crippen LogP contribution in [-0.4, -0.2) is 21.3 Å². The highest BCUT2D eigenvalue weighted by molar-refractivity contribution is 7.86. The number of halogens is 1. The molecular formula is C16H13ClN2O3S. The van der Waals surface area contributed by atoms with Gasteiger partial charge in [-0.2, -0.15) is 0 Å². The molecule has 2 amide bonds. The summed E-state index contributed by atoms with van der Waals surface area (Å²) in [6, 6.07) is 13.5. The fourth-order valence-corrected chi connectivity index (χ4v) is 3.83. The monoisotopic (exact) mass is 348 g/mol. The van der Waals surface area contributed by atoms with Crippen molar-refractivity contribution in [3.8, 4) is 0 Å². The van der Waals surface area contributed by atoms with Crippen molar-refractivity contribution in [1.29, 1.82) is 0 Å². The van der Waals surface area contributed by atoms with Gasteiger partial charge in [0.1, 0.15) is 5.25 Å². The number of amides is 2. The van der Waals surface area contributed by atoms with Gasteiger partial charge in [-0.3, -0.25) is 13.8 Å². The van der Waals surface area contributed by atoms with E-state index in [2.05, 4.69) is 10.6 Å². The van der Waals surface area contributed by atoms with E-state index in [1.54, 1.807) is 48.5 Å². The zero-order chi connectivity index (χ0) is 16.4. The Morgan fingerprint density at radius 1 is 1.17 bits per heavy atom. The number of carbonyl (C=O) groups is 2. The molecule has 0 spiro atoms. The molecule has 0 saturated heterocycles. The number of carbonyl (C=O) groups excluding carboxylic acids is 2. The van der Waals surface area contributed by atoms with Crippen LogP contribution in [0.3, 0.4) is 0 Å². The van der Waals surface area contributed by atoms with Gasteiger partial charge in [-0.1, -0.05) is 23.7 Å². The van der Waals surface area contributed by atoms with Gasteiger partial charge in [0.05, 0.1) is 27.8 Å². The molecule has 1 aliphatic heterocycles. The highest BCUT2D eigenvalue weighted by Crippen LogP contribution is 2.28. The van der Waals surface area contributed by atoms with Gasteiger partial charge in [0.15, 0.2) is 0 Å². The van der Waals surface area contributed by atoms with Crippen molar-refractivity contribution in [3.05, 3.63) is 53.6 Å². The average Bonchev–Trinajstić information content (AvgIpc) is 2.54. The van der Waals surface area contributed by atoms with Crippen LogP contribution >= 0.6 is 11.6 Å². The van der Waals surface area contributed by atoms with Gasteiger partial charge in [0, 0.05) is 10.7 Å². The Morgan fingerprint density at radius 3 is 2.61 bits per heavy atom. The van der Waals surface area contributed by atoms with Gasteiger partial charge in [-0.25, -0.2) is 0 Å². The molecule has 0 aromatic heterocycles. The van der Waals surface area contributed by atoms with Crippen molar-refractivity contribution in [2.45, 2.75) is 16.6 Å². The Hall–Kier alpha value is -2.18. The fraction of sp³-hybridized carbons (Fsp3) is 0.125. The second-order valence-electron chi connectivity index (χ2n) is 5.03. The number of hydrogen-bond donors (Lipinski definition) is 2. The predicted octanol–water partition coefficient (Wildman–Crippen LogP) is 2.80. The highest BCUT2D eigenvalue weighted by atomic mass is 35.5. The topological polar surface area (TPSA) is 75.3 Å². The summed E-state index contributed by atoms with van der Waals surface area (Å²) in [7, 11) is -1.56. The highest BCUT2D eigenvalue weighted by Gasteiger charge is 2.34. The maximum absolute atomic E-state index is 12.5. The molecule has 1 aliphatic rings. The summed E-state index contributed by atoms with van der Waals surface area (Å²) in [5.41, 5.74) is 1.10.